The first-order valence-electron chi connectivity index (χ1n) is 7.56. The van der Waals surface area contributed by atoms with Gasteiger partial charge < -0.3 is 15.2 Å². The van der Waals surface area contributed by atoms with Crippen molar-refractivity contribution in [2.75, 3.05) is 13.1 Å². The zero-order chi connectivity index (χ0) is 15.5. The van der Waals surface area contributed by atoms with Gasteiger partial charge in [0.2, 0.25) is 11.5 Å². The molecular weight excluding hydrogens is 285 g/mol. The van der Waals surface area contributed by atoms with Crippen LogP contribution in [0, 0.1) is 23.6 Å². The van der Waals surface area contributed by atoms with Crippen LogP contribution in [-0.2, 0) is 10.3 Å². The van der Waals surface area contributed by atoms with Crippen molar-refractivity contribution in [2.24, 2.45) is 17.8 Å². The van der Waals surface area contributed by atoms with E-state index in [-0.39, 0.29) is 17.4 Å². The lowest BCUT2D eigenvalue weighted by Gasteiger charge is -2.24. The van der Waals surface area contributed by atoms with Gasteiger partial charge in [-0.15, -0.1) is 0 Å². The van der Waals surface area contributed by atoms with Crippen LogP contribution in [0.25, 0.3) is 11.0 Å². The summed E-state index contributed by atoms with van der Waals surface area (Å²) < 4.78 is 18.8. The Bertz CT molecular complexity index is 745. The minimum atomic E-state index is -0.708. The Balaban J connectivity index is 1.59. The van der Waals surface area contributed by atoms with Crippen LogP contribution in [0.5, 0.6) is 0 Å². The Hall–Kier alpha value is -1.95. The van der Waals surface area contributed by atoms with E-state index in [0.717, 1.165) is 13.1 Å². The van der Waals surface area contributed by atoms with Gasteiger partial charge in [-0.05, 0) is 50.9 Å². The molecule has 1 aliphatic heterocycles. The van der Waals surface area contributed by atoms with Crippen molar-refractivity contribution in [3.63, 3.8) is 0 Å². The number of benzene rings is 1. The van der Waals surface area contributed by atoms with Crippen LogP contribution < -0.4 is 10.6 Å². The number of hydrogen-bond acceptors (Lipinski definition) is 4. The SMILES string of the molecule is CC(C)(NC(=O)C1C2CNCC21)c1noc2c(F)cccc12. The van der Waals surface area contributed by atoms with Crippen LogP contribution in [0.3, 0.4) is 0 Å². The van der Waals surface area contributed by atoms with E-state index in [0.29, 0.717) is 22.9 Å². The summed E-state index contributed by atoms with van der Waals surface area (Å²) in [5.41, 5.74) is -0.0212. The molecule has 1 aliphatic carbocycles. The number of fused-ring (bicyclic) bond motifs is 2. The predicted octanol–water partition coefficient (Wildman–Crippen LogP) is 1.78. The highest BCUT2D eigenvalue weighted by atomic mass is 19.1. The zero-order valence-electron chi connectivity index (χ0n) is 12.5. The van der Waals surface area contributed by atoms with Crippen LogP contribution in [0.15, 0.2) is 22.7 Å². The molecule has 2 N–H and O–H groups in total. The number of aromatic nitrogens is 1. The summed E-state index contributed by atoms with van der Waals surface area (Å²) in [7, 11) is 0. The average Bonchev–Trinajstić information content (AvgIpc) is 2.85. The van der Waals surface area contributed by atoms with Gasteiger partial charge in [0.1, 0.15) is 5.69 Å². The molecule has 22 heavy (non-hydrogen) atoms. The van der Waals surface area contributed by atoms with Crippen LogP contribution in [-0.4, -0.2) is 24.2 Å². The summed E-state index contributed by atoms with van der Waals surface area (Å²) in [6.45, 7) is 5.57. The molecule has 6 heteroatoms. The number of nitrogens with zero attached hydrogens (tertiary/aromatic N) is 1. The summed E-state index contributed by atoms with van der Waals surface area (Å²) >= 11 is 0. The lowest BCUT2D eigenvalue weighted by Crippen LogP contribution is -2.43. The molecule has 2 heterocycles. The molecule has 1 aromatic heterocycles. The van der Waals surface area contributed by atoms with E-state index in [2.05, 4.69) is 15.8 Å². The van der Waals surface area contributed by atoms with E-state index in [1.165, 1.54) is 6.07 Å². The Morgan fingerprint density at radius 3 is 2.86 bits per heavy atom. The first kappa shape index (κ1) is 13.7. The molecule has 0 radical (unpaired) electrons. The highest BCUT2D eigenvalue weighted by Crippen LogP contribution is 2.49. The fourth-order valence-corrected chi connectivity index (χ4v) is 3.64. The average molecular weight is 303 g/mol. The van der Waals surface area contributed by atoms with Gasteiger partial charge >= 0.3 is 0 Å². The number of para-hydroxylation sites is 1. The third-order valence-corrected chi connectivity index (χ3v) is 4.87. The summed E-state index contributed by atoms with van der Waals surface area (Å²) in [4.78, 5) is 12.5. The summed E-state index contributed by atoms with van der Waals surface area (Å²) in [5.74, 6) is 0.621. The van der Waals surface area contributed by atoms with Crippen LogP contribution in [0.1, 0.15) is 19.5 Å². The van der Waals surface area contributed by atoms with E-state index in [4.69, 9.17) is 4.52 Å². The number of halogens is 1. The maximum Gasteiger partial charge on any atom is 0.224 e. The number of carbonyl (C=O) groups excluding carboxylic acids is 1. The minimum Gasteiger partial charge on any atom is -0.353 e. The number of hydrogen-bond donors (Lipinski definition) is 2. The van der Waals surface area contributed by atoms with Crippen molar-refractivity contribution in [1.29, 1.82) is 0 Å². The van der Waals surface area contributed by atoms with Gasteiger partial charge in [0.25, 0.3) is 0 Å². The van der Waals surface area contributed by atoms with Crippen molar-refractivity contribution < 1.29 is 13.7 Å². The van der Waals surface area contributed by atoms with Gasteiger partial charge in [-0.25, -0.2) is 4.39 Å². The van der Waals surface area contributed by atoms with E-state index in [9.17, 15) is 9.18 Å². The molecule has 2 fully saturated rings. The second-order valence-electron chi connectivity index (χ2n) is 6.77. The first-order valence-corrected chi connectivity index (χ1v) is 7.56. The Kier molecular flexibility index (Phi) is 2.81. The molecule has 116 valence electrons. The highest BCUT2D eigenvalue weighted by molar-refractivity contribution is 5.85. The van der Waals surface area contributed by atoms with E-state index >= 15 is 0 Å². The van der Waals surface area contributed by atoms with Crippen molar-refractivity contribution in [2.45, 2.75) is 19.4 Å². The lowest BCUT2D eigenvalue weighted by molar-refractivity contribution is -0.124. The molecule has 0 bridgehead atoms. The van der Waals surface area contributed by atoms with Crippen molar-refractivity contribution in [3.8, 4) is 0 Å². The molecule has 2 aromatic rings. The van der Waals surface area contributed by atoms with Gasteiger partial charge in [0, 0.05) is 5.92 Å². The van der Waals surface area contributed by atoms with Gasteiger partial charge in [-0.1, -0.05) is 11.2 Å². The zero-order valence-corrected chi connectivity index (χ0v) is 12.5. The monoisotopic (exact) mass is 303 g/mol. The first-order chi connectivity index (χ1) is 10.5. The summed E-state index contributed by atoms with van der Waals surface area (Å²) in [5, 5.41) is 10.9. The topological polar surface area (TPSA) is 67.2 Å². The minimum absolute atomic E-state index is 0.0500. The Labute approximate surface area is 127 Å². The maximum atomic E-state index is 13.7. The van der Waals surface area contributed by atoms with Crippen molar-refractivity contribution in [1.82, 2.24) is 15.8 Å². The van der Waals surface area contributed by atoms with Crippen LogP contribution in [0.2, 0.25) is 0 Å². The Morgan fingerprint density at radius 1 is 1.41 bits per heavy atom. The van der Waals surface area contributed by atoms with Crippen LogP contribution in [0.4, 0.5) is 4.39 Å². The summed E-state index contributed by atoms with van der Waals surface area (Å²) in [6, 6.07) is 4.71. The Morgan fingerprint density at radius 2 is 2.14 bits per heavy atom. The number of amides is 1. The molecule has 2 aliphatic rings. The molecule has 4 rings (SSSR count). The lowest BCUT2D eigenvalue weighted by atomic mass is 9.96. The quantitative estimate of drug-likeness (QED) is 0.907. The largest absolute Gasteiger partial charge is 0.353 e. The predicted molar refractivity (Wildman–Crippen MR) is 78.5 cm³/mol. The number of rotatable bonds is 3. The third-order valence-electron chi connectivity index (χ3n) is 4.87. The van der Waals surface area contributed by atoms with Gasteiger partial charge in [0.05, 0.1) is 10.9 Å². The molecule has 1 aromatic carbocycles. The molecule has 2 atom stereocenters. The van der Waals surface area contributed by atoms with E-state index in [1.807, 2.05) is 13.8 Å². The second kappa shape index (κ2) is 4.52. The van der Waals surface area contributed by atoms with Crippen molar-refractivity contribution >= 4 is 16.9 Å². The fraction of sp³-hybridized carbons (Fsp3) is 0.500. The summed E-state index contributed by atoms with van der Waals surface area (Å²) in [6.07, 6.45) is 0. The second-order valence-corrected chi connectivity index (χ2v) is 6.77. The molecule has 1 saturated heterocycles. The van der Waals surface area contributed by atoms with Gasteiger partial charge in [-0.2, -0.15) is 0 Å². The molecule has 5 nitrogen and oxygen atoms in total. The third kappa shape index (κ3) is 1.94. The molecular formula is C16H18FN3O2. The standard InChI is InChI=1S/C16H18FN3O2/c1-16(2,19-15(21)12-9-6-18-7-10(9)12)14-8-4-3-5-11(17)13(8)22-20-14/h3-5,9-10,12,18H,6-7H2,1-2H3,(H,19,21). The van der Waals surface area contributed by atoms with Crippen molar-refractivity contribution in [3.05, 3.63) is 29.7 Å². The van der Waals surface area contributed by atoms with E-state index in [1.54, 1.807) is 12.1 Å². The number of nitrogens with one attached hydrogen (secondary N) is 2. The maximum absolute atomic E-state index is 13.7. The molecule has 1 saturated carbocycles. The fourth-order valence-electron chi connectivity index (χ4n) is 3.64. The van der Waals surface area contributed by atoms with E-state index < -0.39 is 11.4 Å². The smallest absolute Gasteiger partial charge is 0.224 e. The van der Waals surface area contributed by atoms with Crippen LogP contribution >= 0.6 is 0 Å². The number of carbonyl (C=O) groups is 1. The molecule has 0 spiro atoms. The highest BCUT2D eigenvalue weighted by Gasteiger charge is 2.57. The van der Waals surface area contributed by atoms with Gasteiger partial charge in [-0.3, -0.25) is 4.79 Å². The van der Waals surface area contributed by atoms with Gasteiger partial charge in [0.15, 0.2) is 5.82 Å². The number of piperidine rings is 1. The molecule has 1 amide bonds. The normalized spacial score (nSPS) is 27.0. The molecule has 2 unspecified atom stereocenters.